The summed E-state index contributed by atoms with van der Waals surface area (Å²) in [4.78, 5) is 0. The van der Waals surface area contributed by atoms with Crippen LogP contribution in [0.4, 0.5) is 13.2 Å². The van der Waals surface area contributed by atoms with Crippen molar-refractivity contribution in [3.05, 3.63) is 42.5 Å². The Hall–Kier alpha value is -2.41. The third-order valence-corrected chi connectivity index (χ3v) is 2.95. The lowest BCUT2D eigenvalue weighted by atomic mass is 10.0. The molecule has 0 fully saturated rings. The zero-order valence-corrected chi connectivity index (χ0v) is 12.4. The highest BCUT2D eigenvalue weighted by molar-refractivity contribution is 5.72. The number of nitrogens with two attached hydrogens (primary N) is 1. The molecule has 0 spiro atoms. The Bertz CT molecular complexity index is 659. The predicted octanol–water partition coefficient (Wildman–Crippen LogP) is 3.60. The first-order chi connectivity index (χ1) is 10.9. The van der Waals surface area contributed by atoms with Crippen molar-refractivity contribution >= 4 is 0 Å². The van der Waals surface area contributed by atoms with Crippen molar-refractivity contribution in [2.24, 2.45) is 5.73 Å². The third-order valence-electron chi connectivity index (χ3n) is 2.95. The van der Waals surface area contributed by atoms with Crippen molar-refractivity contribution < 1.29 is 27.4 Å². The molecular weight excluding hydrogens is 311 g/mol. The summed E-state index contributed by atoms with van der Waals surface area (Å²) in [6.07, 6.45) is -4.81. The van der Waals surface area contributed by atoms with E-state index in [1.54, 1.807) is 30.3 Å². The lowest BCUT2D eigenvalue weighted by Gasteiger charge is -2.15. The van der Waals surface area contributed by atoms with E-state index in [-0.39, 0.29) is 30.2 Å². The van der Waals surface area contributed by atoms with Gasteiger partial charge in [-0.15, -0.1) is 13.2 Å². The fraction of sp³-hybridized carbons (Fsp3) is 0.250. The summed E-state index contributed by atoms with van der Waals surface area (Å²) in [6.45, 7) is 0.455. The fourth-order valence-corrected chi connectivity index (χ4v) is 2.01. The highest BCUT2D eigenvalue weighted by Crippen LogP contribution is 2.37. The molecule has 0 atom stereocenters. The molecule has 0 radical (unpaired) electrons. The number of benzene rings is 2. The monoisotopic (exact) mass is 327 g/mol. The molecular formula is C16H16F3NO3. The molecule has 0 aromatic heterocycles. The first-order valence-electron chi connectivity index (χ1n) is 6.80. The van der Waals surface area contributed by atoms with Crippen LogP contribution >= 0.6 is 0 Å². The average molecular weight is 327 g/mol. The zero-order valence-electron chi connectivity index (χ0n) is 12.4. The molecule has 0 saturated heterocycles. The van der Waals surface area contributed by atoms with Crippen LogP contribution in [0, 0.1) is 0 Å². The van der Waals surface area contributed by atoms with Gasteiger partial charge in [-0.05, 0) is 29.8 Å². The van der Waals surface area contributed by atoms with Crippen LogP contribution in [0.5, 0.6) is 17.2 Å². The van der Waals surface area contributed by atoms with Crippen LogP contribution in [0.1, 0.15) is 0 Å². The largest absolute Gasteiger partial charge is 0.573 e. The van der Waals surface area contributed by atoms with Gasteiger partial charge < -0.3 is 19.9 Å². The quantitative estimate of drug-likeness (QED) is 0.881. The zero-order chi connectivity index (χ0) is 16.9. The van der Waals surface area contributed by atoms with E-state index in [1.165, 1.54) is 19.2 Å². The van der Waals surface area contributed by atoms with Crippen LogP contribution in [0.15, 0.2) is 42.5 Å². The lowest BCUT2D eigenvalue weighted by Crippen LogP contribution is -2.18. The van der Waals surface area contributed by atoms with Crippen LogP contribution in [-0.2, 0) is 0 Å². The second-order valence-electron chi connectivity index (χ2n) is 4.57. The summed E-state index contributed by atoms with van der Waals surface area (Å²) in [6, 6.07) is 10.9. The predicted molar refractivity (Wildman–Crippen MR) is 79.7 cm³/mol. The van der Waals surface area contributed by atoms with Crippen molar-refractivity contribution in [2.75, 3.05) is 20.3 Å². The van der Waals surface area contributed by atoms with Gasteiger partial charge in [0, 0.05) is 18.2 Å². The molecule has 0 bridgehead atoms. The number of hydrogen-bond acceptors (Lipinski definition) is 4. The first-order valence-corrected chi connectivity index (χ1v) is 6.80. The lowest BCUT2D eigenvalue weighted by molar-refractivity contribution is -0.274. The normalized spacial score (nSPS) is 11.2. The number of methoxy groups -OCH3 is 1. The molecule has 0 aliphatic carbocycles. The van der Waals surface area contributed by atoms with Gasteiger partial charge in [0.2, 0.25) is 0 Å². The average Bonchev–Trinajstić information content (AvgIpc) is 2.51. The summed E-state index contributed by atoms with van der Waals surface area (Å²) in [5.41, 5.74) is 6.13. The van der Waals surface area contributed by atoms with E-state index in [0.29, 0.717) is 11.3 Å². The Labute approximate surface area is 131 Å². The molecule has 23 heavy (non-hydrogen) atoms. The second kappa shape index (κ2) is 7.23. The Morgan fingerprint density at radius 1 is 1.04 bits per heavy atom. The molecule has 2 rings (SSSR count). The van der Waals surface area contributed by atoms with E-state index in [0.717, 1.165) is 0 Å². The van der Waals surface area contributed by atoms with Crippen LogP contribution in [-0.4, -0.2) is 26.6 Å². The molecule has 2 N–H and O–H groups in total. The van der Waals surface area contributed by atoms with Crippen LogP contribution in [0.3, 0.4) is 0 Å². The number of ether oxygens (including phenoxy) is 3. The minimum Gasteiger partial charge on any atom is -0.497 e. The third kappa shape index (κ3) is 4.79. The molecule has 2 aromatic carbocycles. The molecule has 2 aromatic rings. The minimum atomic E-state index is -4.81. The van der Waals surface area contributed by atoms with Gasteiger partial charge in [0.25, 0.3) is 0 Å². The van der Waals surface area contributed by atoms with E-state index in [1.807, 2.05) is 0 Å². The first kappa shape index (κ1) is 17.0. The number of rotatable bonds is 6. The highest BCUT2D eigenvalue weighted by atomic mass is 19.4. The van der Waals surface area contributed by atoms with Gasteiger partial charge in [0.05, 0.1) is 7.11 Å². The molecule has 0 aliphatic heterocycles. The summed E-state index contributed by atoms with van der Waals surface area (Å²) in [7, 11) is 1.48. The molecule has 0 heterocycles. The standard InChI is InChI=1S/C16H16F3NO3/c1-21-12-4-2-3-11(9-12)14-6-5-13(22-8-7-20)10-15(14)23-16(17,18)19/h2-6,9-10H,7-8,20H2,1H3. The maximum absolute atomic E-state index is 12.7. The molecule has 0 unspecified atom stereocenters. The van der Waals surface area contributed by atoms with Crippen LogP contribution < -0.4 is 19.9 Å². The van der Waals surface area contributed by atoms with E-state index in [4.69, 9.17) is 15.2 Å². The van der Waals surface area contributed by atoms with Crippen molar-refractivity contribution in [1.82, 2.24) is 0 Å². The van der Waals surface area contributed by atoms with Gasteiger partial charge in [-0.3, -0.25) is 0 Å². The van der Waals surface area contributed by atoms with Gasteiger partial charge >= 0.3 is 6.36 Å². The maximum Gasteiger partial charge on any atom is 0.573 e. The van der Waals surface area contributed by atoms with Crippen molar-refractivity contribution in [3.63, 3.8) is 0 Å². The smallest absolute Gasteiger partial charge is 0.497 e. The number of hydrogen-bond donors (Lipinski definition) is 1. The van der Waals surface area contributed by atoms with Crippen molar-refractivity contribution in [3.8, 4) is 28.4 Å². The van der Waals surface area contributed by atoms with Crippen molar-refractivity contribution in [2.45, 2.75) is 6.36 Å². The van der Waals surface area contributed by atoms with E-state index in [2.05, 4.69) is 4.74 Å². The van der Waals surface area contributed by atoms with Crippen molar-refractivity contribution in [1.29, 1.82) is 0 Å². The second-order valence-corrected chi connectivity index (χ2v) is 4.57. The molecule has 124 valence electrons. The van der Waals surface area contributed by atoms with E-state index < -0.39 is 6.36 Å². The van der Waals surface area contributed by atoms with Gasteiger partial charge in [-0.2, -0.15) is 0 Å². The van der Waals surface area contributed by atoms with Crippen LogP contribution in [0.25, 0.3) is 11.1 Å². The van der Waals surface area contributed by atoms with Gasteiger partial charge in [0.1, 0.15) is 23.9 Å². The van der Waals surface area contributed by atoms with Crippen LogP contribution in [0.2, 0.25) is 0 Å². The summed E-state index contributed by atoms with van der Waals surface area (Å²) in [5.74, 6) is 0.436. The Morgan fingerprint density at radius 2 is 1.83 bits per heavy atom. The topological polar surface area (TPSA) is 53.7 Å². The fourth-order valence-electron chi connectivity index (χ4n) is 2.01. The molecule has 0 saturated carbocycles. The molecule has 4 nitrogen and oxygen atoms in total. The highest BCUT2D eigenvalue weighted by Gasteiger charge is 2.32. The molecule has 0 aliphatic rings. The molecule has 7 heteroatoms. The Kier molecular flexibility index (Phi) is 5.33. The number of alkyl halides is 3. The van der Waals surface area contributed by atoms with Gasteiger partial charge in [-0.25, -0.2) is 0 Å². The minimum absolute atomic E-state index is 0.198. The van der Waals surface area contributed by atoms with Gasteiger partial charge in [0.15, 0.2) is 0 Å². The Morgan fingerprint density at radius 3 is 2.48 bits per heavy atom. The van der Waals surface area contributed by atoms with E-state index >= 15 is 0 Å². The molecule has 0 amide bonds. The SMILES string of the molecule is COc1cccc(-c2ccc(OCCN)cc2OC(F)(F)F)c1. The summed E-state index contributed by atoms with van der Waals surface area (Å²) in [5, 5.41) is 0. The maximum atomic E-state index is 12.7. The Balaban J connectivity index is 2.43. The van der Waals surface area contributed by atoms with E-state index in [9.17, 15) is 13.2 Å². The summed E-state index contributed by atoms with van der Waals surface area (Å²) >= 11 is 0. The number of halogens is 3. The van der Waals surface area contributed by atoms with Gasteiger partial charge in [-0.1, -0.05) is 12.1 Å². The summed E-state index contributed by atoms with van der Waals surface area (Å²) < 4.78 is 52.4.